The molecule has 1 N–H and O–H groups in total. The fraction of sp³-hybridized carbons (Fsp3) is 0.0833. The number of thiazole rings is 1. The second kappa shape index (κ2) is 8.81. The van der Waals surface area contributed by atoms with Crippen molar-refractivity contribution in [3.63, 3.8) is 0 Å². The van der Waals surface area contributed by atoms with Crippen LogP contribution in [0.25, 0.3) is 22.2 Å². The Bertz CT molecular complexity index is 1500. The SMILES string of the molecule is O=C(Nc1nc(-c2ccc3c(c2)OCO3)cs1)c1oc2ccccc2c1CSc1ncccn1. The van der Waals surface area contributed by atoms with Gasteiger partial charge in [0.25, 0.3) is 5.91 Å². The number of anilines is 1. The zero-order chi connectivity index (χ0) is 22.9. The standard InChI is InChI=1S/C24H16N4O4S2/c29-22(28-24-27-17(12-34-24)14-6-7-19-20(10-14)31-13-30-19)21-16(11-33-23-25-8-3-9-26-23)15-4-1-2-5-18(15)32-21/h1-10,12H,11,13H2,(H,27,28,29). The van der Waals surface area contributed by atoms with E-state index in [-0.39, 0.29) is 18.5 Å². The van der Waals surface area contributed by atoms with Crippen molar-refractivity contribution in [2.75, 3.05) is 12.1 Å². The third-order valence-electron chi connectivity index (χ3n) is 5.19. The van der Waals surface area contributed by atoms with Crippen LogP contribution in [0.1, 0.15) is 16.1 Å². The predicted octanol–water partition coefficient (Wildman–Crippen LogP) is 5.62. The Morgan fingerprint density at radius 3 is 2.82 bits per heavy atom. The smallest absolute Gasteiger partial charge is 0.293 e. The van der Waals surface area contributed by atoms with Crippen molar-refractivity contribution in [1.82, 2.24) is 15.0 Å². The maximum atomic E-state index is 13.2. The molecule has 0 saturated carbocycles. The van der Waals surface area contributed by atoms with Crippen LogP contribution in [-0.2, 0) is 5.75 Å². The van der Waals surface area contributed by atoms with Gasteiger partial charge in [0.2, 0.25) is 6.79 Å². The lowest BCUT2D eigenvalue weighted by atomic mass is 10.1. The van der Waals surface area contributed by atoms with E-state index in [2.05, 4.69) is 20.3 Å². The number of aromatic nitrogens is 3. The molecule has 1 aliphatic rings. The lowest BCUT2D eigenvalue weighted by molar-refractivity contribution is 0.0998. The Morgan fingerprint density at radius 1 is 1.06 bits per heavy atom. The first-order valence-electron chi connectivity index (χ1n) is 10.3. The minimum atomic E-state index is -0.354. The fourth-order valence-electron chi connectivity index (χ4n) is 3.60. The van der Waals surface area contributed by atoms with Gasteiger partial charge in [-0.3, -0.25) is 10.1 Å². The molecule has 5 aromatic rings. The van der Waals surface area contributed by atoms with Crippen LogP contribution in [0.2, 0.25) is 0 Å². The summed E-state index contributed by atoms with van der Waals surface area (Å²) in [4.78, 5) is 26.3. The lowest BCUT2D eigenvalue weighted by Gasteiger charge is -2.03. The molecule has 34 heavy (non-hydrogen) atoms. The Morgan fingerprint density at radius 2 is 1.91 bits per heavy atom. The number of furan rings is 1. The molecular weight excluding hydrogens is 472 g/mol. The predicted molar refractivity (Wildman–Crippen MR) is 129 cm³/mol. The summed E-state index contributed by atoms with van der Waals surface area (Å²) in [5, 5.41) is 6.76. The second-order valence-corrected chi connectivity index (χ2v) is 9.09. The highest BCUT2D eigenvalue weighted by Gasteiger charge is 2.22. The van der Waals surface area contributed by atoms with Crippen LogP contribution >= 0.6 is 23.1 Å². The van der Waals surface area contributed by atoms with E-state index in [0.717, 1.165) is 22.2 Å². The largest absolute Gasteiger partial charge is 0.454 e. The van der Waals surface area contributed by atoms with Crippen molar-refractivity contribution in [3.8, 4) is 22.8 Å². The van der Waals surface area contributed by atoms with Gasteiger partial charge in [-0.2, -0.15) is 0 Å². The van der Waals surface area contributed by atoms with Crippen LogP contribution in [0.3, 0.4) is 0 Å². The highest BCUT2D eigenvalue weighted by atomic mass is 32.2. The molecule has 0 atom stereocenters. The number of fused-ring (bicyclic) bond motifs is 2. The normalized spacial score (nSPS) is 12.2. The molecule has 10 heteroatoms. The average molecular weight is 489 g/mol. The molecule has 6 rings (SSSR count). The van der Waals surface area contributed by atoms with Gasteiger partial charge < -0.3 is 13.9 Å². The summed E-state index contributed by atoms with van der Waals surface area (Å²) in [6.07, 6.45) is 3.38. The zero-order valence-corrected chi connectivity index (χ0v) is 19.2. The maximum Gasteiger partial charge on any atom is 0.293 e. The molecule has 0 spiro atoms. The number of rotatable bonds is 6. The van der Waals surface area contributed by atoms with Gasteiger partial charge in [-0.1, -0.05) is 30.0 Å². The van der Waals surface area contributed by atoms with E-state index in [4.69, 9.17) is 13.9 Å². The van der Waals surface area contributed by atoms with Crippen molar-refractivity contribution in [2.45, 2.75) is 10.9 Å². The molecule has 0 bridgehead atoms. The molecule has 0 saturated heterocycles. The first kappa shape index (κ1) is 20.7. The molecule has 8 nitrogen and oxygen atoms in total. The Balaban J connectivity index is 1.25. The lowest BCUT2D eigenvalue weighted by Crippen LogP contribution is -2.12. The molecule has 1 amide bonds. The van der Waals surface area contributed by atoms with Crippen LogP contribution in [0, 0.1) is 0 Å². The monoisotopic (exact) mass is 488 g/mol. The molecule has 0 unspecified atom stereocenters. The average Bonchev–Trinajstić information content (AvgIpc) is 3.61. The van der Waals surface area contributed by atoms with E-state index in [1.165, 1.54) is 23.1 Å². The number of amides is 1. The molecule has 1 aliphatic heterocycles. The minimum Gasteiger partial charge on any atom is -0.454 e. The molecule has 4 heterocycles. The van der Waals surface area contributed by atoms with Crippen LogP contribution in [0.5, 0.6) is 11.5 Å². The number of carbonyl (C=O) groups excluding carboxylic acids is 1. The Hall–Kier alpha value is -3.89. The molecular formula is C24H16N4O4S2. The maximum absolute atomic E-state index is 13.2. The van der Waals surface area contributed by atoms with Gasteiger partial charge in [-0.05, 0) is 30.3 Å². The van der Waals surface area contributed by atoms with Crippen molar-refractivity contribution < 1.29 is 18.7 Å². The van der Waals surface area contributed by atoms with Crippen LogP contribution in [0.4, 0.5) is 5.13 Å². The van der Waals surface area contributed by atoms with Crippen LogP contribution < -0.4 is 14.8 Å². The third-order valence-corrected chi connectivity index (χ3v) is 6.84. The topological polar surface area (TPSA) is 99.4 Å². The Kier molecular flexibility index (Phi) is 5.36. The summed E-state index contributed by atoms with van der Waals surface area (Å²) in [6.45, 7) is 0.214. The van der Waals surface area contributed by atoms with E-state index in [9.17, 15) is 4.79 Å². The number of benzene rings is 2. The van der Waals surface area contributed by atoms with Gasteiger partial charge in [0.05, 0.1) is 5.69 Å². The van der Waals surface area contributed by atoms with Crippen LogP contribution in [-0.4, -0.2) is 27.7 Å². The molecule has 2 aromatic carbocycles. The second-order valence-electron chi connectivity index (χ2n) is 7.29. The molecule has 0 aliphatic carbocycles. The fourth-order valence-corrected chi connectivity index (χ4v) is 5.14. The van der Waals surface area contributed by atoms with Gasteiger partial charge >= 0.3 is 0 Å². The van der Waals surface area contributed by atoms with E-state index in [0.29, 0.717) is 33.1 Å². The van der Waals surface area contributed by atoms with Gasteiger partial charge in [-0.25, -0.2) is 15.0 Å². The number of carbonyl (C=O) groups is 1. The summed E-state index contributed by atoms with van der Waals surface area (Å²) >= 11 is 2.79. The van der Waals surface area contributed by atoms with E-state index in [1.807, 2.05) is 47.8 Å². The summed E-state index contributed by atoms with van der Waals surface area (Å²) in [7, 11) is 0. The summed E-state index contributed by atoms with van der Waals surface area (Å²) in [5.74, 6) is 1.79. The van der Waals surface area contributed by atoms with Crippen LogP contribution in [0.15, 0.2) is 75.9 Å². The number of para-hydroxylation sites is 1. The highest BCUT2D eigenvalue weighted by molar-refractivity contribution is 7.98. The van der Waals surface area contributed by atoms with Crippen molar-refractivity contribution in [2.24, 2.45) is 0 Å². The first-order valence-corrected chi connectivity index (χ1v) is 12.2. The Labute approximate surface area is 202 Å². The number of nitrogens with zero attached hydrogens (tertiary/aromatic N) is 3. The van der Waals surface area contributed by atoms with Crippen molar-refractivity contribution in [1.29, 1.82) is 0 Å². The molecule has 0 radical (unpaired) electrons. The summed E-state index contributed by atoms with van der Waals surface area (Å²) in [6, 6.07) is 15.0. The number of nitrogens with one attached hydrogen (secondary N) is 1. The van der Waals surface area contributed by atoms with E-state index < -0.39 is 0 Å². The van der Waals surface area contributed by atoms with Gasteiger partial charge in [0.15, 0.2) is 27.5 Å². The minimum absolute atomic E-state index is 0.214. The van der Waals surface area contributed by atoms with Crippen molar-refractivity contribution >= 4 is 45.1 Å². The quantitative estimate of drug-likeness (QED) is 0.243. The molecule has 0 fully saturated rings. The first-order chi connectivity index (χ1) is 16.7. The summed E-state index contributed by atoms with van der Waals surface area (Å²) in [5.41, 5.74) is 3.06. The number of hydrogen-bond acceptors (Lipinski definition) is 9. The van der Waals surface area contributed by atoms with E-state index >= 15 is 0 Å². The third kappa shape index (κ3) is 3.97. The number of hydrogen-bond donors (Lipinski definition) is 1. The van der Waals surface area contributed by atoms with Gasteiger partial charge in [0.1, 0.15) is 5.58 Å². The number of ether oxygens (including phenoxy) is 2. The van der Waals surface area contributed by atoms with E-state index in [1.54, 1.807) is 18.5 Å². The summed E-state index contributed by atoms with van der Waals surface area (Å²) < 4.78 is 16.8. The number of thioether (sulfide) groups is 1. The van der Waals surface area contributed by atoms with Gasteiger partial charge in [-0.15, -0.1) is 11.3 Å². The zero-order valence-electron chi connectivity index (χ0n) is 17.6. The highest BCUT2D eigenvalue weighted by Crippen LogP contribution is 2.37. The molecule has 3 aromatic heterocycles. The molecule has 168 valence electrons. The van der Waals surface area contributed by atoms with Gasteiger partial charge in [0, 0.05) is 40.0 Å². The van der Waals surface area contributed by atoms with Crippen molar-refractivity contribution in [3.05, 3.63) is 77.6 Å².